The van der Waals surface area contributed by atoms with Crippen LogP contribution in [-0.2, 0) is 11.2 Å². The number of hydrogen-bond donors (Lipinski definition) is 0. The number of hydrogen-bond acceptors (Lipinski definition) is 1. The van der Waals surface area contributed by atoms with Crippen LogP contribution < -0.4 is 0 Å². The Balaban J connectivity index is 1.47. The molecule has 0 N–H and O–H groups in total. The molecule has 1 aromatic carbocycles. The molecule has 0 radical (unpaired) electrons. The number of carbonyl (C=O) groups excluding carboxylic acids is 1. The fourth-order valence-corrected chi connectivity index (χ4v) is 5.04. The first-order chi connectivity index (χ1) is 9.15. The number of Topliss-reactive ketones (excluding diaryl/α,β-unsaturated/α-hetero) is 1. The van der Waals surface area contributed by atoms with Gasteiger partial charge in [0.1, 0.15) is 5.78 Å². The Labute approximate surface area is 123 Å². The van der Waals surface area contributed by atoms with E-state index in [4.69, 9.17) is 23.2 Å². The maximum Gasteiger partial charge on any atom is 0.140 e. The first kappa shape index (κ1) is 12.2. The van der Waals surface area contributed by atoms with Gasteiger partial charge in [-0.1, -0.05) is 29.3 Å². The van der Waals surface area contributed by atoms with E-state index in [-0.39, 0.29) is 0 Å². The van der Waals surface area contributed by atoms with Crippen molar-refractivity contribution in [3.63, 3.8) is 0 Å². The first-order valence-electron chi connectivity index (χ1n) is 7.12. The molecule has 0 spiro atoms. The lowest BCUT2D eigenvalue weighted by Gasteiger charge is -2.08. The van der Waals surface area contributed by atoms with Gasteiger partial charge in [-0.25, -0.2) is 0 Å². The summed E-state index contributed by atoms with van der Waals surface area (Å²) in [4.78, 5) is 12.4. The molecule has 100 valence electrons. The highest BCUT2D eigenvalue weighted by Gasteiger charge is 2.66. The largest absolute Gasteiger partial charge is 0.299 e. The summed E-state index contributed by atoms with van der Waals surface area (Å²) >= 11 is 11.9. The third kappa shape index (κ3) is 1.86. The standard InChI is InChI=1S/C16H16Cl2O/c17-11-4-1-8(5-12(11)18)6-13(19)16-14-9-2-3-10(7-9)15(14)16/h1,4-5,9-10,14-16H,2-3,6-7H2. The minimum atomic E-state index is 0.362. The van der Waals surface area contributed by atoms with Gasteiger partial charge in [0.05, 0.1) is 10.0 Å². The molecule has 0 aliphatic heterocycles. The van der Waals surface area contributed by atoms with E-state index < -0.39 is 0 Å². The molecule has 4 unspecified atom stereocenters. The van der Waals surface area contributed by atoms with Crippen LogP contribution in [0.4, 0.5) is 0 Å². The zero-order chi connectivity index (χ0) is 13.1. The van der Waals surface area contributed by atoms with Crippen molar-refractivity contribution in [1.29, 1.82) is 0 Å². The van der Waals surface area contributed by atoms with Crippen molar-refractivity contribution in [2.45, 2.75) is 25.7 Å². The molecule has 3 heteroatoms. The second-order valence-electron chi connectivity index (χ2n) is 6.41. The maximum absolute atomic E-state index is 12.4. The third-order valence-electron chi connectivity index (χ3n) is 5.47. The fourth-order valence-electron chi connectivity index (χ4n) is 4.72. The van der Waals surface area contributed by atoms with Crippen molar-refractivity contribution < 1.29 is 4.79 Å². The fraction of sp³-hybridized carbons (Fsp3) is 0.562. The highest BCUT2D eigenvalue weighted by atomic mass is 35.5. The summed E-state index contributed by atoms with van der Waals surface area (Å²) in [7, 11) is 0. The predicted molar refractivity (Wildman–Crippen MR) is 76.5 cm³/mol. The van der Waals surface area contributed by atoms with Crippen LogP contribution in [0.25, 0.3) is 0 Å². The van der Waals surface area contributed by atoms with Gasteiger partial charge in [0.25, 0.3) is 0 Å². The van der Waals surface area contributed by atoms with Gasteiger partial charge in [-0.3, -0.25) is 4.79 Å². The Kier molecular flexibility index (Phi) is 2.72. The molecule has 1 nitrogen and oxygen atoms in total. The number of carbonyl (C=O) groups is 1. The van der Waals surface area contributed by atoms with Crippen LogP contribution >= 0.6 is 23.2 Å². The van der Waals surface area contributed by atoms with Crippen molar-refractivity contribution in [1.82, 2.24) is 0 Å². The maximum atomic E-state index is 12.4. The van der Waals surface area contributed by atoms with Gasteiger partial charge >= 0.3 is 0 Å². The summed E-state index contributed by atoms with van der Waals surface area (Å²) in [6.07, 6.45) is 4.64. The SMILES string of the molecule is O=C(Cc1ccc(Cl)c(Cl)c1)C1C2C3CCC(C3)C12. The van der Waals surface area contributed by atoms with Gasteiger partial charge in [-0.05, 0) is 60.6 Å². The van der Waals surface area contributed by atoms with Gasteiger partial charge in [-0.2, -0.15) is 0 Å². The van der Waals surface area contributed by atoms with Crippen molar-refractivity contribution in [2.75, 3.05) is 0 Å². The van der Waals surface area contributed by atoms with Crippen LogP contribution in [0.2, 0.25) is 10.0 Å². The van der Waals surface area contributed by atoms with Crippen LogP contribution in [0.5, 0.6) is 0 Å². The Bertz CT molecular complexity index is 538. The monoisotopic (exact) mass is 294 g/mol. The molecular weight excluding hydrogens is 279 g/mol. The Morgan fingerprint density at radius 3 is 2.42 bits per heavy atom. The first-order valence-corrected chi connectivity index (χ1v) is 7.87. The zero-order valence-corrected chi connectivity index (χ0v) is 12.1. The normalized spacial score (nSPS) is 38.3. The number of halogens is 2. The number of benzene rings is 1. The number of fused-ring (bicyclic) bond motifs is 5. The molecule has 4 rings (SSSR count). The lowest BCUT2D eigenvalue weighted by molar-refractivity contribution is -0.120. The van der Waals surface area contributed by atoms with Gasteiger partial charge < -0.3 is 0 Å². The van der Waals surface area contributed by atoms with Crippen molar-refractivity contribution in [3.8, 4) is 0 Å². The second kappa shape index (κ2) is 4.23. The summed E-state index contributed by atoms with van der Waals surface area (Å²) in [5, 5.41) is 1.10. The predicted octanol–water partition coefficient (Wildman–Crippen LogP) is 4.40. The van der Waals surface area contributed by atoms with Crippen molar-refractivity contribution >= 4 is 29.0 Å². The smallest absolute Gasteiger partial charge is 0.140 e. The second-order valence-corrected chi connectivity index (χ2v) is 7.22. The zero-order valence-electron chi connectivity index (χ0n) is 10.6. The van der Waals surface area contributed by atoms with E-state index in [1.807, 2.05) is 12.1 Å². The molecule has 0 saturated heterocycles. The number of ketones is 1. The molecule has 19 heavy (non-hydrogen) atoms. The molecule has 0 aromatic heterocycles. The van der Waals surface area contributed by atoms with E-state index in [0.717, 1.165) is 29.2 Å². The van der Waals surface area contributed by atoms with Crippen molar-refractivity contribution in [3.05, 3.63) is 33.8 Å². The Hall–Kier alpha value is -0.530. The van der Waals surface area contributed by atoms with E-state index in [1.165, 1.54) is 19.3 Å². The van der Waals surface area contributed by atoms with Gasteiger partial charge in [0.2, 0.25) is 0 Å². The molecule has 2 bridgehead atoms. The average molecular weight is 295 g/mol. The van der Waals surface area contributed by atoms with E-state index in [1.54, 1.807) is 6.07 Å². The molecular formula is C16H16Cl2O. The highest BCUT2D eigenvalue weighted by molar-refractivity contribution is 6.42. The molecule has 4 atom stereocenters. The van der Waals surface area contributed by atoms with Crippen LogP contribution in [0, 0.1) is 29.6 Å². The van der Waals surface area contributed by atoms with E-state index in [9.17, 15) is 4.79 Å². The lowest BCUT2D eigenvalue weighted by atomic mass is 9.96. The average Bonchev–Trinajstić information content (AvgIpc) is 2.83. The van der Waals surface area contributed by atoms with E-state index in [0.29, 0.717) is 28.2 Å². The van der Waals surface area contributed by atoms with Crippen LogP contribution in [0.15, 0.2) is 18.2 Å². The molecule has 0 heterocycles. The quantitative estimate of drug-likeness (QED) is 0.808. The summed E-state index contributed by atoms with van der Waals surface area (Å²) in [6, 6.07) is 5.53. The van der Waals surface area contributed by atoms with Gasteiger partial charge in [0.15, 0.2) is 0 Å². The van der Waals surface area contributed by atoms with Crippen LogP contribution in [0.3, 0.4) is 0 Å². The summed E-state index contributed by atoms with van der Waals surface area (Å²) in [6.45, 7) is 0. The van der Waals surface area contributed by atoms with Gasteiger partial charge in [0, 0.05) is 12.3 Å². The topological polar surface area (TPSA) is 17.1 Å². The summed E-state index contributed by atoms with van der Waals surface area (Å²) < 4.78 is 0. The molecule has 3 saturated carbocycles. The van der Waals surface area contributed by atoms with E-state index >= 15 is 0 Å². The minimum absolute atomic E-state index is 0.362. The summed E-state index contributed by atoms with van der Waals surface area (Å²) in [5.74, 6) is 3.96. The molecule has 3 aliphatic rings. The molecule has 3 fully saturated rings. The third-order valence-corrected chi connectivity index (χ3v) is 6.21. The molecule has 0 amide bonds. The van der Waals surface area contributed by atoms with E-state index in [2.05, 4.69) is 0 Å². The molecule has 1 aromatic rings. The summed E-state index contributed by atoms with van der Waals surface area (Å²) in [5.41, 5.74) is 0.997. The molecule has 3 aliphatic carbocycles. The van der Waals surface area contributed by atoms with Crippen molar-refractivity contribution in [2.24, 2.45) is 29.6 Å². The highest BCUT2D eigenvalue weighted by Crippen LogP contribution is 2.69. The number of rotatable bonds is 3. The minimum Gasteiger partial charge on any atom is -0.299 e. The van der Waals surface area contributed by atoms with Crippen LogP contribution in [-0.4, -0.2) is 5.78 Å². The van der Waals surface area contributed by atoms with Crippen LogP contribution in [0.1, 0.15) is 24.8 Å². The Morgan fingerprint density at radius 1 is 1.11 bits per heavy atom. The Morgan fingerprint density at radius 2 is 1.79 bits per heavy atom. The lowest BCUT2D eigenvalue weighted by Crippen LogP contribution is -2.12. The van der Waals surface area contributed by atoms with Gasteiger partial charge in [-0.15, -0.1) is 0 Å².